The fraction of sp³-hybridized carbons (Fsp3) is 0.458. The van der Waals surface area contributed by atoms with Crippen molar-refractivity contribution in [2.45, 2.75) is 31.7 Å². The molecule has 1 saturated heterocycles. The Morgan fingerprint density at radius 3 is 2.62 bits per heavy atom. The van der Waals surface area contributed by atoms with Gasteiger partial charge in [-0.25, -0.2) is 4.98 Å². The Hall–Kier alpha value is -2.37. The first-order valence-corrected chi connectivity index (χ1v) is 10.6. The lowest BCUT2D eigenvalue weighted by Crippen LogP contribution is -2.35. The number of methoxy groups -OCH3 is 2. The number of piperidine rings is 1. The molecule has 0 N–H and O–H groups in total. The van der Waals surface area contributed by atoms with Gasteiger partial charge in [0.15, 0.2) is 0 Å². The minimum absolute atomic E-state index is 0.521. The molecule has 0 amide bonds. The van der Waals surface area contributed by atoms with Crippen molar-refractivity contribution in [1.82, 2.24) is 14.5 Å². The standard InChI is InChI=1S/C24H31N3O2/c1-28-17-16-27-23-9-4-3-8-22(23)25-24(27)20-11-14-26(15-12-20)13-10-19-6-5-7-21(18-19)29-2/h3-9,18,20H,10-17H2,1-2H3. The van der Waals surface area contributed by atoms with Gasteiger partial charge in [0.05, 0.1) is 24.8 Å². The van der Waals surface area contributed by atoms with Gasteiger partial charge in [-0.15, -0.1) is 0 Å². The zero-order valence-corrected chi connectivity index (χ0v) is 17.5. The lowest BCUT2D eigenvalue weighted by atomic mass is 9.95. The minimum atomic E-state index is 0.521. The molecular weight excluding hydrogens is 362 g/mol. The predicted molar refractivity (Wildman–Crippen MR) is 117 cm³/mol. The molecule has 3 aromatic rings. The van der Waals surface area contributed by atoms with Crippen LogP contribution in [-0.2, 0) is 17.7 Å². The summed E-state index contributed by atoms with van der Waals surface area (Å²) in [6.07, 6.45) is 3.39. The molecular formula is C24H31N3O2. The van der Waals surface area contributed by atoms with Crippen molar-refractivity contribution in [3.05, 3.63) is 59.9 Å². The number of para-hydroxylation sites is 2. The number of ether oxygens (including phenoxy) is 2. The van der Waals surface area contributed by atoms with Crippen LogP contribution in [0.15, 0.2) is 48.5 Å². The van der Waals surface area contributed by atoms with Gasteiger partial charge in [-0.3, -0.25) is 0 Å². The number of aromatic nitrogens is 2. The molecule has 1 aliphatic heterocycles. The van der Waals surface area contributed by atoms with E-state index in [4.69, 9.17) is 14.5 Å². The summed E-state index contributed by atoms with van der Waals surface area (Å²) in [6.45, 7) is 4.93. The first kappa shape index (κ1) is 19.9. The van der Waals surface area contributed by atoms with Crippen LogP contribution in [0.5, 0.6) is 5.75 Å². The Morgan fingerprint density at radius 2 is 1.83 bits per heavy atom. The van der Waals surface area contributed by atoms with Crippen LogP contribution >= 0.6 is 0 Å². The van der Waals surface area contributed by atoms with Gasteiger partial charge in [0.1, 0.15) is 11.6 Å². The van der Waals surface area contributed by atoms with Crippen LogP contribution in [0.25, 0.3) is 11.0 Å². The highest BCUT2D eigenvalue weighted by Gasteiger charge is 2.25. The molecule has 1 fully saturated rings. The Balaban J connectivity index is 1.39. The molecule has 154 valence electrons. The summed E-state index contributed by atoms with van der Waals surface area (Å²) < 4.78 is 13.1. The van der Waals surface area contributed by atoms with Crippen LogP contribution in [0.1, 0.15) is 30.1 Å². The van der Waals surface area contributed by atoms with E-state index in [9.17, 15) is 0 Å². The number of fused-ring (bicyclic) bond motifs is 1. The van der Waals surface area contributed by atoms with Crippen molar-refractivity contribution in [3.63, 3.8) is 0 Å². The van der Waals surface area contributed by atoms with E-state index in [1.165, 1.54) is 16.9 Å². The minimum Gasteiger partial charge on any atom is -0.497 e. The smallest absolute Gasteiger partial charge is 0.119 e. The molecule has 5 heteroatoms. The van der Waals surface area contributed by atoms with Crippen molar-refractivity contribution in [2.24, 2.45) is 0 Å². The van der Waals surface area contributed by atoms with E-state index in [1.807, 2.05) is 6.07 Å². The van der Waals surface area contributed by atoms with E-state index in [1.54, 1.807) is 14.2 Å². The second-order valence-corrected chi connectivity index (χ2v) is 7.82. The molecule has 0 radical (unpaired) electrons. The summed E-state index contributed by atoms with van der Waals surface area (Å²) in [5, 5.41) is 0. The van der Waals surface area contributed by atoms with Crippen molar-refractivity contribution in [2.75, 3.05) is 40.5 Å². The third kappa shape index (κ3) is 4.62. The first-order chi connectivity index (χ1) is 14.3. The van der Waals surface area contributed by atoms with Crippen LogP contribution < -0.4 is 4.74 Å². The van der Waals surface area contributed by atoms with E-state index in [0.717, 1.165) is 56.7 Å². The summed E-state index contributed by atoms with van der Waals surface area (Å²) in [4.78, 5) is 7.58. The maximum atomic E-state index is 5.35. The molecule has 1 aromatic heterocycles. The van der Waals surface area contributed by atoms with Crippen molar-refractivity contribution < 1.29 is 9.47 Å². The monoisotopic (exact) mass is 393 g/mol. The summed E-state index contributed by atoms with van der Waals surface area (Å²) in [5.41, 5.74) is 3.66. The third-order valence-corrected chi connectivity index (χ3v) is 6.01. The molecule has 0 bridgehead atoms. The molecule has 1 aliphatic rings. The van der Waals surface area contributed by atoms with E-state index in [2.05, 4.69) is 51.9 Å². The van der Waals surface area contributed by atoms with Gasteiger partial charge in [0.2, 0.25) is 0 Å². The molecule has 0 saturated carbocycles. The average Bonchev–Trinajstić information content (AvgIpc) is 3.15. The number of benzene rings is 2. The molecule has 5 nitrogen and oxygen atoms in total. The molecule has 0 unspecified atom stereocenters. The number of hydrogen-bond donors (Lipinski definition) is 0. The Bertz CT molecular complexity index is 929. The van der Waals surface area contributed by atoms with Gasteiger partial charge in [-0.1, -0.05) is 24.3 Å². The largest absolute Gasteiger partial charge is 0.497 e. The zero-order valence-electron chi connectivity index (χ0n) is 17.5. The van der Waals surface area contributed by atoms with Gasteiger partial charge in [-0.05, 0) is 62.2 Å². The second-order valence-electron chi connectivity index (χ2n) is 7.82. The molecule has 0 atom stereocenters. The SMILES string of the molecule is COCCn1c(C2CCN(CCc3cccc(OC)c3)CC2)nc2ccccc21. The van der Waals surface area contributed by atoms with Gasteiger partial charge < -0.3 is 18.9 Å². The molecule has 29 heavy (non-hydrogen) atoms. The molecule has 2 aromatic carbocycles. The molecule has 2 heterocycles. The zero-order chi connectivity index (χ0) is 20.1. The van der Waals surface area contributed by atoms with Crippen molar-refractivity contribution >= 4 is 11.0 Å². The number of likely N-dealkylation sites (tertiary alicyclic amines) is 1. The summed E-state index contributed by atoms with van der Waals surface area (Å²) in [7, 11) is 3.49. The maximum Gasteiger partial charge on any atom is 0.119 e. The van der Waals surface area contributed by atoms with Gasteiger partial charge in [0, 0.05) is 26.1 Å². The molecule has 0 spiro atoms. The second kappa shape index (κ2) is 9.42. The number of imidazole rings is 1. The predicted octanol–water partition coefficient (Wildman–Crippen LogP) is 4.11. The summed E-state index contributed by atoms with van der Waals surface area (Å²) in [5.74, 6) is 2.69. The van der Waals surface area contributed by atoms with Crippen LogP contribution in [-0.4, -0.2) is 54.9 Å². The lowest BCUT2D eigenvalue weighted by molar-refractivity contribution is 0.183. The highest BCUT2D eigenvalue weighted by atomic mass is 16.5. The van der Waals surface area contributed by atoms with Gasteiger partial charge >= 0.3 is 0 Å². The van der Waals surface area contributed by atoms with Gasteiger partial charge in [0.25, 0.3) is 0 Å². The lowest BCUT2D eigenvalue weighted by Gasteiger charge is -2.32. The van der Waals surface area contributed by atoms with Crippen LogP contribution in [0.4, 0.5) is 0 Å². The Morgan fingerprint density at radius 1 is 1.00 bits per heavy atom. The molecule has 0 aliphatic carbocycles. The number of hydrogen-bond acceptors (Lipinski definition) is 4. The normalized spacial score (nSPS) is 15.8. The summed E-state index contributed by atoms with van der Waals surface area (Å²) >= 11 is 0. The van der Waals surface area contributed by atoms with Crippen molar-refractivity contribution in [1.29, 1.82) is 0 Å². The van der Waals surface area contributed by atoms with E-state index in [0.29, 0.717) is 12.5 Å². The quantitative estimate of drug-likeness (QED) is 0.577. The van der Waals surface area contributed by atoms with E-state index >= 15 is 0 Å². The van der Waals surface area contributed by atoms with E-state index < -0.39 is 0 Å². The fourth-order valence-corrected chi connectivity index (χ4v) is 4.35. The topological polar surface area (TPSA) is 39.5 Å². The van der Waals surface area contributed by atoms with Gasteiger partial charge in [-0.2, -0.15) is 0 Å². The van der Waals surface area contributed by atoms with E-state index in [-0.39, 0.29) is 0 Å². The maximum absolute atomic E-state index is 5.35. The Kier molecular flexibility index (Phi) is 6.47. The van der Waals surface area contributed by atoms with Crippen LogP contribution in [0.3, 0.4) is 0 Å². The first-order valence-electron chi connectivity index (χ1n) is 10.6. The highest BCUT2D eigenvalue weighted by Crippen LogP contribution is 2.30. The number of rotatable bonds is 8. The average molecular weight is 394 g/mol. The van der Waals surface area contributed by atoms with Crippen molar-refractivity contribution in [3.8, 4) is 5.75 Å². The molecule has 4 rings (SSSR count). The highest BCUT2D eigenvalue weighted by molar-refractivity contribution is 5.76. The van der Waals surface area contributed by atoms with Crippen LogP contribution in [0, 0.1) is 0 Å². The van der Waals surface area contributed by atoms with Crippen LogP contribution in [0.2, 0.25) is 0 Å². The summed E-state index contributed by atoms with van der Waals surface area (Å²) in [6, 6.07) is 16.9. The number of nitrogens with zero attached hydrogens (tertiary/aromatic N) is 3. The third-order valence-electron chi connectivity index (χ3n) is 6.01. The fourth-order valence-electron chi connectivity index (χ4n) is 4.35. The Labute approximate surface area is 173 Å².